The van der Waals surface area contributed by atoms with Crippen LogP contribution < -0.4 is 10.6 Å². The van der Waals surface area contributed by atoms with E-state index in [0.717, 1.165) is 0 Å². The second-order valence-corrected chi connectivity index (χ2v) is 6.07. The smallest absolute Gasteiger partial charge is 0.275 e. The van der Waals surface area contributed by atoms with Crippen molar-refractivity contribution in [2.45, 2.75) is 13.8 Å². The molecule has 1 aliphatic heterocycles. The topological polar surface area (TPSA) is 126 Å². The van der Waals surface area contributed by atoms with Gasteiger partial charge in [0.2, 0.25) is 0 Å². The summed E-state index contributed by atoms with van der Waals surface area (Å²) in [5, 5.41) is 27.5. The van der Waals surface area contributed by atoms with Crippen molar-refractivity contribution in [1.29, 1.82) is 0 Å². The van der Waals surface area contributed by atoms with Crippen LogP contribution in [-0.2, 0) is 4.79 Å². The zero-order valence-corrected chi connectivity index (χ0v) is 14.0. The first kappa shape index (κ1) is 15.8. The number of aryl methyl sites for hydroxylation is 2. The van der Waals surface area contributed by atoms with Gasteiger partial charge < -0.3 is 10.6 Å². The van der Waals surface area contributed by atoms with E-state index >= 15 is 0 Å². The number of anilines is 2. The molecule has 3 aromatic rings. The molecule has 3 N–H and O–H groups in total. The van der Waals surface area contributed by atoms with Gasteiger partial charge in [0.1, 0.15) is 5.52 Å². The van der Waals surface area contributed by atoms with E-state index in [1.54, 1.807) is 44.3 Å². The molecule has 0 atom stereocenters. The molecule has 0 radical (unpaired) electrons. The van der Waals surface area contributed by atoms with Gasteiger partial charge in [-0.25, -0.2) is 0 Å². The molecule has 26 heavy (non-hydrogen) atoms. The van der Waals surface area contributed by atoms with Gasteiger partial charge >= 0.3 is 0 Å². The summed E-state index contributed by atoms with van der Waals surface area (Å²) in [6.07, 6.45) is 1.58. The number of hydrogen-bond donors (Lipinski definition) is 3. The normalized spacial score (nSPS) is 14.5. The molecule has 1 amide bonds. The van der Waals surface area contributed by atoms with Crippen molar-refractivity contribution in [3.8, 4) is 0 Å². The summed E-state index contributed by atoms with van der Waals surface area (Å²) in [7, 11) is 0. The Morgan fingerprint density at radius 1 is 1.23 bits per heavy atom. The molecular formula is C17H14N6O3. The van der Waals surface area contributed by atoms with E-state index in [4.69, 9.17) is 0 Å². The maximum Gasteiger partial charge on any atom is 0.275 e. The molecule has 1 aliphatic rings. The standard InChI is InChI=1S/C17H14N6O3/c1-8-5-10(6-9(2)16(8)23(25)26)18-7-11-14-12(19-17(11)24)3-4-13-15(14)21-22-20-13/h3-7,18H,1-2H3,(H,19,24)(H,20,21,22)/b11-7+. The third kappa shape index (κ3) is 2.37. The van der Waals surface area contributed by atoms with Crippen LogP contribution in [-0.4, -0.2) is 26.2 Å². The Labute approximate surface area is 147 Å². The van der Waals surface area contributed by atoms with Crippen molar-refractivity contribution in [2.24, 2.45) is 0 Å². The van der Waals surface area contributed by atoms with Gasteiger partial charge in [0.05, 0.1) is 21.7 Å². The van der Waals surface area contributed by atoms with Crippen LogP contribution in [0.1, 0.15) is 16.7 Å². The number of nitro benzene ring substituents is 1. The van der Waals surface area contributed by atoms with E-state index in [0.29, 0.717) is 44.7 Å². The van der Waals surface area contributed by atoms with E-state index < -0.39 is 4.92 Å². The predicted molar refractivity (Wildman–Crippen MR) is 96.7 cm³/mol. The summed E-state index contributed by atoms with van der Waals surface area (Å²) in [6.45, 7) is 3.36. The lowest BCUT2D eigenvalue weighted by molar-refractivity contribution is -0.386. The Hall–Kier alpha value is -3.75. The Morgan fingerprint density at radius 3 is 2.65 bits per heavy atom. The number of aromatic amines is 1. The van der Waals surface area contributed by atoms with Gasteiger partial charge in [-0.05, 0) is 38.1 Å². The molecule has 2 aromatic carbocycles. The summed E-state index contributed by atoms with van der Waals surface area (Å²) in [6, 6.07) is 6.90. The summed E-state index contributed by atoms with van der Waals surface area (Å²) >= 11 is 0. The molecule has 0 bridgehead atoms. The molecule has 0 spiro atoms. The molecule has 0 fully saturated rings. The van der Waals surface area contributed by atoms with Gasteiger partial charge in [0.15, 0.2) is 0 Å². The van der Waals surface area contributed by atoms with Crippen LogP contribution in [0.15, 0.2) is 30.5 Å². The molecule has 9 nitrogen and oxygen atoms in total. The second-order valence-electron chi connectivity index (χ2n) is 6.07. The van der Waals surface area contributed by atoms with E-state index in [1.165, 1.54) is 0 Å². The summed E-state index contributed by atoms with van der Waals surface area (Å²) in [5.74, 6) is -0.245. The lowest BCUT2D eigenvalue weighted by atomic mass is 10.1. The Bertz CT molecular complexity index is 1090. The first-order valence-electron chi connectivity index (χ1n) is 7.83. The zero-order valence-electron chi connectivity index (χ0n) is 14.0. The van der Waals surface area contributed by atoms with Crippen molar-refractivity contribution in [3.05, 3.63) is 57.3 Å². The number of carbonyl (C=O) groups excluding carboxylic acids is 1. The maximum atomic E-state index is 12.3. The lowest BCUT2D eigenvalue weighted by Crippen LogP contribution is -2.05. The SMILES string of the molecule is Cc1cc(N/C=C2/C(=O)Nc3ccc4nn[nH]c4c32)cc(C)c1[N+](=O)[O-]. The molecule has 2 heterocycles. The van der Waals surface area contributed by atoms with Crippen LogP contribution >= 0.6 is 0 Å². The fourth-order valence-corrected chi connectivity index (χ4v) is 3.22. The molecule has 1 aromatic heterocycles. The highest BCUT2D eigenvalue weighted by molar-refractivity contribution is 6.34. The minimum absolute atomic E-state index is 0.0948. The first-order chi connectivity index (χ1) is 12.5. The first-order valence-corrected chi connectivity index (χ1v) is 7.83. The number of carbonyl (C=O) groups is 1. The fourth-order valence-electron chi connectivity index (χ4n) is 3.22. The van der Waals surface area contributed by atoms with Gasteiger partial charge in [-0.15, -0.1) is 5.10 Å². The largest absolute Gasteiger partial charge is 0.361 e. The van der Waals surface area contributed by atoms with Gasteiger partial charge in [-0.3, -0.25) is 20.0 Å². The van der Waals surface area contributed by atoms with Crippen molar-refractivity contribution in [1.82, 2.24) is 15.4 Å². The van der Waals surface area contributed by atoms with Crippen LogP contribution in [0.4, 0.5) is 17.1 Å². The highest BCUT2D eigenvalue weighted by atomic mass is 16.6. The van der Waals surface area contributed by atoms with Gasteiger partial charge in [0, 0.05) is 28.6 Å². The number of nitrogens with zero attached hydrogens (tertiary/aromatic N) is 3. The van der Waals surface area contributed by atoms with E-state index in [-0.39, 0.29) is 11.6 Å². The summed E-state index contributed by atoms with van der Waals surface area (Å²) in [5.41, 5.74) is 4.99. The number of hydrogen-bond acceptors (Lipinski definition) is 6. The fraction of sp³-hybridized carbons (Fsp3) is 0.118. The Morgan fingerprint density at radius 2 is 1.96 bits per heavy atom. The van der Waals surface area contributed by atoms with Crippen LogP contribution in [0.2, 0.25) is 0 Å². The van der Waals surface area contributed by atoms with E-state index in [2.05, 4.69) is 26.0 Å². The van der Waals surface area contributed by atoms with Crippen LogP contribution in [0.5, 0.6) is 0 Å². The number of nitrogens with one attached hydrogen (secondary N) is 3. The average Bonchev–Trinajstić information content (AvgIpc) is 3.15. The van der Waals surface area contributed by atoms with Crippen LogP contribution in [0.25, 0.3) is 16.6 Å². The lowest BCUT2D eigenvalue weighted by Gasteiger charge is -2.07. The third-order valence-corrected chi connectivity index (χ3v) is 4.32. The maximum absolute atomic E-state index is 12.3. The Kier molecular flexibility index (Phi) is 3.43. The monoisotopic (exact) mass is 350 g/mol. The molecule has 130 valence electrons. The molecule has 0 saturated heterocycles. The highest BCUT2D eigenvalue weighted by Crippen LogP contribution is 2.36. The summed E-state index contributed by atoms with van der Waals surface area (Å²) < 4.78 is 0. The minimum atomic E-state index is -0.393. The number of amides is 1. The van der Waals surface area contributed by atoms with E-state index in [1.807, 2.05) is 0 Å². The zero-order chi connectivity index (χ0) is 18.4. The minimum Gasteiger partial charge on any atom is -0.361 e. The molecule has 0 saturated carbocycles. The van der Waals surface area contributed by atoms with Crippen molar-refractivity contribution in [3.63, 3.8) is 0 Å². The van der Waals surface area contributed by atoms with Crippen molar-refractivity contribution < 1.29 is 9.72 Å². The molecule has 0 unspecified atom stereocenters. The number of rotatable bonds is 3. The Balaban J connectivity index is 1.74. The van der Waals surface area contributed by atoms with Gasteiger partial charge in [-0.2, -0.15) is 0 Å². The predicted octanol–water partition coefficient (Wildman–Crippen LogP) is 2.89. The quantitative estimate of drug-likeness (QED) is 0.379. The average molecular weight is 350 g/mol. The van der Waals surface area contributed by atoms with Gasteiger partial charge in [-0.1, -0.05) is 5.21 Å². The molecule has 9 heteroatoms. The molecule has 0 aliphatic carbocycles. The number of H-pyrrole nitrogens is 1. The molecular weight excluding hydrogens is 336 g/mol. The number of fused-ring (bicyclic) bond motifs is 3. The van der Waals surface area contributed by atoms with Crippen LogP contribution in [0, 0.1) is 24.0 Å². The molecule has 4 rings (SSSR count). The number of aromatic nitrogens is 3. The van der Waals surface area contributed by atoms with Crippen molar-refractivity contribution in [2.75, 3.05) is 10.6 Å². The number of nitro groups is 1. The van der Waals surface area contributed by atoms with E-state index in [9.17, 15) is 14.9 Å². The second kappa shape index (κ2) is 5.66. The summed E-state index contributed by atoms with van der Waals surface area (Å²) in [4.78, 5) is 23.0. The van der Waals surface area contributed by atoms with Crippen LogP contribution in [0.3, 0.4) is 0 Å². The highest BCUT2D eigenvalue weighted by Gasteiger charge is 2.27. The van der Waals surface area contributed by atoms with Gasteiger partial charge in [0.25, 0.3) is 11.6 Å². The number of benzene rings is 2. The van der Waals surface area contributed by atoms with Crippen molar-refractivity contribution >= 4 is 39.6 Å². The third-order valence-electron chi connectivity index (χ3n) is 4.32.